The van der Waals surface area contributed by atoms with E-state index in [0.29, 0.717) is 18.5 Å². The number of aliphatic hydroxyl groups excluding tert-OH is 1. The summed E-state index contributed by atoms with van der Waals surface area (Å²) in [5, 5.41) is 13.0. The summed E-state index contributed by atoms with van der Waals surface area (Å²) in [6.07, 6.45) is 2.26. The maximum atomic E-state index is 13.3. The Kier molecular flexibility index (Phi) is 4.32. The Morgan fingerprint density at radius 3 is 2.89 bits per heavy atom. The van der Waals surface area contributed by atoms with E-state index in [1.54, 1.807) is 10.7 Å². The van der Waals surface area contributed by atoms with Crippen LogP contribution in [0.15, 0.2) is 30.5 Å². The summed E-state index contributed by atoms with van der Waals surface area (Å²) < 4.78 is 15.1. The van der Waals surface area contributed by atoms with E-state index in [1.165, 1.54) is 12.1 Å². The van der Waals surface area contributed by atoms with Gasteiger partial charge in [-0.3, -0.25) is 4.68 Å². The number of nitrogens with zero attached hydrogens (tertiary/aromatic N) is 2. The van der Waals surface area contributed by atoms with Gasteiger partial charge in [-0.05, 0) is 30.7 Å². The smallest absolute Gasteiger partial charge is 0.124 e. The number of aromatic nitrogens is 2. The van der Waals surface area contributed by atoms with Crippen molar-refractivity contribution in [3.63, 3.8) is 0 Å². The zero-order valence-electron chi connectivity index (χ0n) is 10.7. The highest BCUT2D eigenvalue weighted by molar-refractivity contribution is 5.41. The van der Waals surface area contributed by atoms with Crippen LogP contribution >= 0.6 is 0 Å². The van der Waals surface area contributed by atoms with Gasteiger partial charge in [0.05, 0.1) is 18.8 Å². The lowest BCUT2D eigenvalue weighted by molar-refractivity contribution is 0.305. The molecule has 1 heterocycles. The van der Waals surface area contributed by atoms with Crippen LogP contribution in [0.2, 0.25) is 0 Å². The first-order valence-electron chi connectivity index (χ1n) is 6.07. The van der Waals surface area contributed by atoms with Crippen LogP contribution in [0, 0.1) is 24.6 Å². The average molecular weight is 258 g/mol. The van der Waals surface area contributed by atoms with Gasteiger partial charge < -0.3 is 5.11 Å². The highest BCUT2D eigenvalue weighted by Crippen LogP contribution is 2.12. The van der Waals surface area contributed by atoms with E-state index in [-0.39, 0.29) is 12.4 Å². The van der Waals surface area contributed by atoms with E-state index in [1.807, 2.05) is 19.2 Å². The molecule has 0 saturated heterocycles. The minimum Gasteiger partial charge on any atom is -0.395 e. The fourth-order valence-corrected chi connectivity index (χ4v) is 1.74. The second-order valence-corrected chi connectivity index (χ2v) is 4.23. The summed E-state index contributed by atoms with van der Waals surface area (Å²) in [4.78, 5) is 0. The third-order valence-corrected chi connectivity index (χ3v) is 2.64. The maximum absolute atomic E-state index is 13.3. The Bertz CT molecular complexity index is 623. The van der Waals surface area contributed by atoms with Crippen molar-refractivity contribution in [3.05, 3.63) is 53.1 Å². The molecule has 0 unspecified atom stereocenters. The van der Waals surface area contributed by atoms with E-state index in [9.17, 15) is 4.39 Å². The number of hydrogen-bond acceptors (Lipinski definition) is 2. The van der Waals surface area contributed by atoms with Crippen molar-refractivity contribution in [2.45, 2.75) is 19.9 Å². The monoisotopic (exact) mass is 258 g/mol. The van der Waals surface area contributed by atoms with Crippen LogP contribution in [0.5, 0.6) is 0 Å². The molecule has 0 fully saturated rings. The van der Waals surface area contributed by atoms with Crippen molar-refractivity contribution in [1.82, 2.24) is 9.78 Å². The Balaban J connectivity index is 2.27. The Morgan fingerprint density at radius 2 is 2.21 bits per heavy atom. The molecule has 0 saturated carbocycles. The number of rotatable bonds is 3. The molecule has 1 aromatic carbocycles. The molecule has 2 aromatic rings. The lowest BCUT2D eigenvalue weighted by Crippen LogP contribution is -2.03. The van der Waals surface area contributed by atoms with E-state index in [4.69, 9.17) is 5.11 Å². The molecule has 1 aromatic heterocycles. The van der Waals surface area contributed by atoms with Gasteiger partial charge in [-0.15, -0.1) is 0 Å². The van der Waals surface area contributed by atoms with Crippen molar-refractivity contribution in [1.29, 1.82) is 0 Å². The zero-order chi connectivity index (χ0) is 13.7. The molecule has 3 nitrogen and oxygen atoms in total. The van der Waals surface area contributed by atoms with Crippen molar-refractivity contribution in [2.75, 3.05) is 6.61 Å². The third kappa shape index (κ3) is 3.67. The van der Waals surface area contributed by atoms with Crippen molar-refractivity contribution < 1.29 is 9.50 Å². The third-order valence-electron chi connectivity index (χ3n) is 2.64. The van der Waals surface area contributed by atoms with E-state index in [2.05, 4.69) is 16.9 Å². The van der Waals surface area contributed by atoms with Crippen LogP contribution < -0.4 is 0 Å². The van der Waals surface area contributed by atoms with Crippen LogP contribution in [0.3, 0.4) is 0 Å². The molecular formula is C15H15FN2O. The number of hydrogen-bond donors (Lipinski definition) is 1. The molecule has 0 bridgehead atoms. The molecule has 19 heavy (non-hydrogen) atoms. The van der Waals surface area contributed by atoms with Gasteiger partial charge >= 0.3 is 0 Å². The lowest BCUT2D eigenvalue weighted by atomic mass is 10.1. The summed E-state index contributed by atoms with van der Waals surface area (Å²) in [5.74, 6) is 5.39. The molecular weight excluding hydrogens is 243 g/mol. The fourth-order valence-electron chi connectivity index (χ4n) is 1.74. The van der Waals surface area contributed by atoms with Gasteiger partial charge in [0.25, 0.3) is 0 Å². The van der Waals surface area contributed by atoms with E-state index >= 15 is 0 Å². The number of halogens is 1. The normalized spacial score (nSPS) is 10.1. The molecule has 98 valence electrons. The summed E-state index contributed by atoms with van der Waals surface area (Å²) in [6, 6.07) is 6.47. The SMILES string of the molecule is Cc1ccn(Cc2ccc(F)cc2C#CCCO)n1. The molecule has 4 heteroatoms. The van der Waals surface area contributed by atoms with E-state index < -0.39 is 0 Å². The quantitative estimate of drug-likeness (QED) is 0.856. The number of aryl methyl sites for hydroxylation is 1. The molecule has 1 N–H and O–H groups in total. The molecule has 0 amide bonds. The van der Waals surface area contributed by atoms with Crippen molar-refractivity contribution in [3.8, 4) is 11.8 Å². The minimum absolute atomic E-state index is 0.00992. The predicted octanol–water partition coefficient (Wildman–Crippen LogP) is 2.11. The Hall–Kier alpha value is -2.12. The van der Waals surface area contributed by atoms with Crippen molar-refractivity contribution >= 4 is 0 Å². The minimum atomic E-state index is -0.311. The molecule has 0 spiro atoms. The maximum Gasteiger partial charge on any atom is 0.124 e. The summed E-state index contributed by atoms with van der Waals surface area (Å²) >= 11 is 0. The van der Waals surface area contributed by atoms with Gasteiger partial charge in [0.2, 0.25) is 0 Å². The first kappa shape index (κ1) is 13.3. The number of benzene rings is 1. The van der Waals surface area contributed by atoms with Gasteiger partial charge in [-0.1, -0.05) is 17.9 Å². The molecule has 2 rings (SSSR count). The predicted molar refractivity (Wildman–Crippen MR) is 71.0 cm³/mol. The van der Waals surface area contributed by atoms with Gasteiger partial charge in [0.1, 0.15) is 5.82 Å². The summed E-state index contributed by atoms with van der Waals surface area (Å²) in [6.45, 7) is 2.48. The van der Waals surface area contributed by atoms with Gasteiger partial charge in [-0.25, -0.2) is 4.39 Å². The standard InChI is InChI=1S/C15H15FN2O/c1-12-7-8-18(17-12)11-14-5-6-15(16)10-13(14)4-2-3-9-19/h5-8,10,19H,3,9,11H2,1H3. The molecule has 0 aliphatic heterocycles. The van der Waals surface area contributed by atoms with Crippen LogP contribution in [0.1, 0.15) is 23.2 Å². The largest absolute Gasteiger partial charge is 0.395 e. The Labute approximate surface area is 111 Å². The highest BCUT2D eigenvalue weighted by atomic mass is 19.1. The summed E-state index contributed by atoms with van der Waals surface area (Å²) in [7, 11) is 0. The molecule has 0 atom stereocenters. The first-order chi connectivity index (χ1) is 9.19. The lowest BCUT2D eigenvalue weighted by Gasteiger charge is -2.05. The molecule has 0 aliphatic rings. The zero-order valence-corrected chi connectivity index (χ0v) is 10.7. The van der Waals surface area contributed by atoms with Crippen LogP contribution in [-0.2, 0) is 6.54 Å². The van der Waals surface area contributed by atoms with Crippen LogP contribution in [0.25, 0.3) is 0 Å². The van der Waals surface area contributed by atoms with Gasteiger partial charge in [-0.2, -0.15) is 5.10 Å². The Morgan fingerprint density at radius 1 is 1.37 bits per heavy atom. The fraction of sp³-hybridized carbons (Fsp3) is 0.267. The average Bonchev–Trinajstić information content (AvgIpc) is 2.78. The molecule has 0 radical (unpaired) electrons. The molecule has 0 aliphatic carbocycles. The van der Waals surface area contributed by atoms with Crippen LogP contribution in [-0.4, -0.2) is 21.5 Å². The summed E-state index contributed by atoms with van der Waals surface area (Å²) in [5.41, 5.74) is 2.49. The highest BCUT2D eigenvalue weighted by Gasteiger charge is 2.04. The topological polar surface area (TPSA) is 38.0 Å². The van der Waals surface area contributed by atoms with Gasteiger partial charge in [0.15, 0.2) is 0 Å². The second kappa shape index (κ2) is 6.17. The second-order valence-electron chi connectivity index (χ2n) is 4.23. The van der Waals surface area contributed by atoms with Crippen molar-refractivity contribution in [2.24, 2.45) is 0 Å². The van der Waals surface area contributed by atoms with E-state index in [0.717, 1.165) is 11.3 Å². The first-order valence-corrected chi connectivity index (χ1v) is 6.07. The van der Waals surface area contributed by atoms with Crippen LogP contribution in [0.4, 0.5) is 4.39 Å². The number of aliphatic hydroxyl groups is 1. The van der Waals surface area contributed by atoms with Gasteiger partial charge in [0, 0.05) is 18.2 Å².